The van der Waals surface area contributed by atoms with E-state index in [4.69, 9.17) is 5.26 Å². The van der Waals surface area contributed by atoms with Gasteiger partial charge in [0.25, 0.3) is 0 Å². The summed E-state index contributed by atoms with van der Waals surface area (Å²) in [7, 11) is 0. The molecule has 0 aromatic carbocycles. The van der Waals surface area contributed by atoms with Crippen LogP contribution < -0.4 is 0 Å². The minimum absolute atomic E-state index is 0.651. The summed E-state index contributed by atoms with van der Waals surface area (Å²) in [5, 5.41) is 10.7. The first kappa shape index (κ1) is 7.96. The molecular weight excluding hydrogens is 180 g/mol. The van der Waals surface area contributed by atoms with Crippen molar-refractivity contribution in [2.45, 2.75) is 0 Å². The highest BCUT2D eigenvalue weighted by Gasteiger charge is 2.00. The topological polar surface area (TPSA) is 36.7 Å². The van der Waals surface area contributed by atoms with Crippen molar-refractivity contribution in [2.75, 3.05) is 0 Å². The Morgan fingerprint density at radius 1 is 1.38 bits per heavy atom. The van der Waals surface area contributed by atoms with E-state index in [1.54, 1.807) is 29.7 Å². The molecule has 0 saturated heterocycles. The van der Waals surface area contributed by atoms with Gasteiger partial charge in [-0.2, -0.15) is 5.26 Å². The SMILES string of the molecule is N#Cc1ccnc(-c2cccs2)c1. The second-order valence-corrected chi connectivity index (χ2v) is 3.47. The zero-order chi connectivity index (χ0) is 9.10. The van der Waals surface area contributed by atoms with Crippen molar-refractivity contribution in [2.24, 2.45) is 0 Å². The monoisotopic (exact) mass is 186 g/mol. The Balaban J connectivity index is 2.49. The number of rotatable bonds is 1. The molecule has 0 N–H and O–H groups in total. The molecule has 0 saturated carbocycles. The van der Waals surface area contributed by atoms with Crippen LogP contribution in [0.3, 0.4) is 0 Å². The van der Waals surface area contributed by atoms with Crippen LogP contribution in [0.5, 0.6) is 0 Å². The lowest BCUT2D eigenvalue weighted by atomic mass is 10.2. The maximum Gasteiger partial charge on any atom is 0.0992 e. The van der Waals surface area contributed by atoms with Crippen LogP contribution in [0.2, 0.25) is 0 Å². The predicted molar refractivity (Wildman–Crippen MR) is 52.3 cm³/mol. The normalized spacial score (nSPS) is 9.46. The van der Waals surface area contributed by atoms with Gasteiger partial charge in [-0.05, 0) is 23.6 Å². The first-order valence-electron chi connectivity index (χ1n) is 3.80. The molecule has 0 atom stereocenters. The molecule has 2 heterocycles. The van der Waals surface area contributed by atoms with E-state index in [-0.39, 0.29) is 0 Å². The zero-order valence-corrected chi connectivity index (χ0v) is 7.58. The van der Waals surface area contributed by atoms with Gasteiger partial charge in [0, 0.05) is 6.20 Å². The van der Waals surface area contributed by atoms with E-state index in [1.807, 2.05) is 17.5 Å². The molecule has 0 aliphatic heterocycles. The van der Waals surface area contributed by atoms with Crippen molar-refractivity contribution in [3.05, 3.63) is 41.4 Å². The van der Waals surface area contributed by atoms with Crippen molar-refractivity contribution < 1.29 is 0 Å². The molecule has 2 aromatic rings. The number of pyridine rings is 1. The molecule has 13 heavy (non-hydrogen) atoms. The molecule has 2 rings (SSSR count). The average molecular weight is 186 g/mol. The molecule has 3 heteroatoms. The number of aromatic nitrogens is 1. The summed E-state index contributed by atoms with van der Waals surface area (Å²) < 4.78 is 0. The highest BCUT2D eigenvalue weighted by molar-refractivity contribution is 7.13. The van der Waals surface area contributed by atoms with E-state index in [0.29, 0.717) is 5.56 Å². The molecule has 62 valence electrons. The van der Waals surface area contributed by atoms with Crippen molar-refractivity contribution >= 4 is 11.3 Å². The molecular formula is C10H6N2S. The summed E-state index contributed by atoms with van der Waals surface area (Å²) in [5.41, 5.74) is 1.52. The molecule has 0 unspecified atom stereocenters. The van der Waals surface area contributed by atoms with Crippen LogP contribution in [0.1, 0.15) is 5.56 Å². The third-order valence-corrected chi connectivity index (χ3v) is 2.56. The van der Waals surface area contributed by atoms with E-state index >= 15 is 0 Å². The zero-order valence-electron chi connectivity index (χ0n) is 6.77. The number of hydrogen-bond acceptors (Lipinski definition) is 3. The molecule has 0 bridgehead atoms. The average Bonchev–Trinajstić information content (AvgIpc) is 2.71. The first-order chi connectivity index (χ1) is 6.40. The standard InChI is InChI=1S/C10H6N2S/c11-7-8-3-4-12-9(6-8)10-2-1-5-13-10/h1-6H. The van der Waals surface area contributed by atoms with Gasteiger partial charge in [0.2, 0.25) is 0 Å². The summed E-state index contributed by atoms with van der Waals surface area (Å²) >= 11 is 1.62. The number of nitrogens with zero attached hydrogens (tertiary/aromatic N) is 2. The van der Waals surface area contributed by atoms with Crippen LogP contribution in [0, 0.1) is 11.3 Å². The van der Waals surface area contributed by atoms with Gasteiger partial charge in [-0.25, -0.2) is 0 Å². The molecule has 0 spiro atoms. The molecule has 0 amide bonds. The molecule has 0 aliphatic rings. The fourth-order valence-electron chi connectivity index (χ4n) is 1.06. The fraction of sp³-hybridized carbons (Fsp3) is 0. The van der Waals surface area contributed by atoms with Crippen molar-refractivity contribution in [3.8, 4) is 16.6 Å². The maximum absolute atomic E-state index is 8.69. The second kappa shape index (κ2) is 3.38. The van der Waals surface area contributed by atoms with E-state index in [1.165, 1.54) is 0 Å². The lowest BCUT2D eigenvalue weighted by Gasteiger charge is -1.95. The highest BCUT2D eigenvalue weighted by atomic mass is 32.1. The van der Waals surface area contributed by atoms with Gasteiger partial charge >= 0.3 is 0 Å². The van der Waals surface area contributed by atoms with Crippen molar-refractivity contribution in [3.63, 3.8) is 0 Å². The van der Waals surface area contributed by atoms with Gasteiger partial charge in [0.1, 0.15) is 0 Å². The second-order valence-electron chi connectivity index (χ2n) is 2.52. The van der Waals surface area contributed by atoms with Gasteiger partial charge in [-0.1, -0.05) is 6.07 Å². The number of thiophene rings is 1. The Labute approximate surface area is 80.1 Å². The Morgan fingerprint density at radius 3 is 3.00 bits per heavy atom. The summed E-state index contributed by atoms with van der Waals surface area (Å²) in [5.74, 6) is 0. The Kier molecular flexibility index (Phi) is 2.07. The highest BCUT2D eigenvalue weighted by Crippen LogP contribution is 2.22. The molecule has 2 nitrogen and oxygen atoms in total. The van der Waals surface area contributed by atoms with Gasteiger partial charge in [-0.3, -0.25) is 4.98 Å². The lowest BCUT2D eigenvalue weighted by Crippen LogP contribution is -1.81. The smallest absolute Gasteiger partial charge is 0.0992 e. The van der Waals surface area contributed by atoms with E-state index in [0.717, 1.165) is 10.6 Å². The predicted octanol–water partition coefficient (Wildman–Crippen LogP) is 2.68. The quantitative estimate of drug-likeness (QED) is 0.686. The van der Waals surface area contributed by atoms with Crippen molar-refractivity contribution in [1.29, 1.82) is 5.26 Å². The summed E-state index contributed by atoms with van der Waals surface area (Å²) in [6, 6.07) is 9.56. The van der Waals surface area contributed by atoms with E-state index < -0.39 is 0 Å². The van der Waals surface area contributed by atoms with Crippen molar-refractivity contribution in [1.82, 2.24) is 4.98 Å². The Bertz CT molecular complexity index is 440. The van der Waals surface area contributed by atoms with E-state index in [2.05, 4.69) is 11.1 Å². The first-order valence-corrected chi connectivity index (χ1v) is 4.68. The van der Waals surface area contributed by atoms with E-state index in [9.17, 15) is 0 Å². The van der Waals surface area contributed by atoms with Gasteiger partial charge in [0.05, 0.1) is 22.2 Å². The number of hydrogen-bond donors (Lipinski definition) is 0. The minimum Gasteiger partial charge on any atom is -0.255 e. The Morgan fingerprint density at radius 2 is 2.31 bits per heavy atom. The summed E-state index contributed by atoms with van der Waals surface area (Å²) in [6.45, 7) is 0. The van der Waals surface area contributed by atoms with Crippen LogP contribution >= 0.6 is 11.3 Å². The maximum atomic E-state index is 8.69. The Hall–Kier alpha value is -1.66. The van der Waals surface area contributed by atoms with Crippen LogP contribution in [0.4, 0.5) is 0 Å². The van der Waals surface area contributed by atoms with Crippen LogP contribution in [0.15, 0.2) is 35.8 Å². The van der Waals surface area contributed by atoms with Gasteiger partial charge in [-0.15, -0.1) is 11.3 Å². The third-order valence-electron chi connectivity index (χ3n) is 1.66. The third kappa shape index (κ3) is 1.58. The molecule has 0 aliphatic carbocycles. The van der Waals surface area contributed by atoms with Crippen LogP contribution in [-0.2, 0) is 0 Å². The molecule has 2 aromatic heterocycles. The summed E-state index contributed by atoms with van der Waals surface area (Å²) in [4.78, 5) is 5.28. The largest absolute Gasteiger partial charge is 0.255 e. The van der Waals surface area contributed by atoms with Crippen LogP contribution in [0.25, 0.3) is 10.6 Å². The van der Waals surface area contributed by atoms with Gasteiger partial charge in [0.15, 0.2) is 0 Å². The van der Waals surface area contributed by atoms with Gasteiger partial charge < -0.3 is 0 Å². The molecule has 0 radical (unpaired) electrons. The molecule has 0 fully saturated rings. The fourth-order valence-corrected chi connectivity index (χ4v) is 1.75. The minimum atomic E-state index is 0.651. The number of nitriles is 1. The van der Waals surface area contributed by atoms with Crippen LogP contribution in [-0.4, -0.2) is 4.98 Å². The lowest BCUT2D eigenvalue weighted by molar-refractivity contribution is 1.32. The summed E-state index contributed by atoms with van der Waals surface area (Å²) in [6.07, 6.45) is 1.66.